The summed E-state index contributed by atoms with van der Waals surface area (Å²) >= 11 is 0. The number of nitrogens with one attached hydrogen (secondary N) is 2. The fourth-order valence-electron chi connectivity index (χ4n) is 2.20. The van der Waals surface area contributed by atoms with Gasteiger partial charge >= 0.3 is 0 Å². The summed E-state index contributed by atoms with van der Waals surface area (Å²) in [5.41, 5.74) is 1.08. The molecule has 2 aromatic rings. The maximum Gasteiger partial charge on any atom is 0.265 e. The van der Waals surface area contributed by atoms with E-state index >= 15 is 0 Å². The SMILES string of the molecule is CCNCc1c(C)oc(C)c1S(=O)(=O)Nc1cnn(C)c1. The normalized spacial score (nSPS) is 11.8. The number of hydrogen-bond acceptors (Lipinski definition) is 5. The molecule has 0 atom stereocenters. The van der Waals surface area contributed by atoms with Crippen LogP contribution in [0.5, 0.6) is 0 Å². The molecule has 0 radical (unpaired) electrons. The van der Waals surface area contributed by atoms with Crippen LogP contribution in [0.15, 0.2) is 21.7 Å². The maximum atomic E-state index is 12.6. The van der Waals surface area contributed by atoms with Crippen LogP contribution in [0.3, 0.4) is 0 Å². The highest BCUT2D eigenvalue weighted by atomic mass is 32.2. The standard InChI is InChI=1S/C13H20N4O3S/c1-5-14-7-12-9(2)20-10(3)13(12)21(18,19)16-11-6-15-17(4)8-11/h6,8,14,16H,5,7H2,1-4H3. The summed E-state index contributed by atoms with van der Waals surface area (Å²) in [4.78, 5) is 0.199. The average molecular weight is 312 g/mol. The Bertz CT molecular complexity index is 731. The van der Waals surface area contributed by atoms with E-state index in [1.165, 1.54) is 10.9 Å². The molecule has 2 heterocycles. The molecule has 21 heavy (non-hydrogen) atoms. The molecular weight excluding hydrogens is 292 g/mol. The van der Waals surface area contributed by atoms with E-state index in [4.69, 9.17) is 4.42 Å². The van der Waals surface area contributed by atoms with Gasteiger partial charge in [0.1, 0.15) is 16.4 Å². The summed E-state index contributed by atoms with van der Waals surface area (Å²) < 4.78 is 34.7. The minimum atomic E-state index is -3.71. The summed E-state index contributed by atoms with van der Waals surface area (Å²) in [5.74, 6) is 0.997. The minimum Gasteiger partial charge on any atom is -0.465 e. The average Bonchev–Trinajstić information content (AvgIpc) is 2.90. The number of aryl methyl sites for hydroxylation is 3. The van der Waals surface area contributed by atoms with E-state index in [-0.39, 0.29) is 4.90 Å². The molecule has 0 bridgehead atoms. The van der Waals surface area contributed by atoms with Crippen LogP contribution < -0.4 is 10.0 Å². The van der Waals surface area contributed by atoms with Crippen molar-refractivity contribution in [2.75, 3.05) is 11.3 Å². The zero-order valence-corrected chi connectivity index (χ0v) is 13.4. The molecule has 0 amide bonds. The highest BCUT2D eigenvalue weighted by molar-refractivity contribution is 7.92. The lowest BCUT2D eigenvalue weighted by molar-refractivity contribution is 0.493. The summed E-state index contributed by atoms with van der Waals surface area (Å²) in [7, 11) is -1.98. The van der Waals surface area contributed by atoms with Crippen molar-refractivity contribution in [1.82, 2.24) is 15.1 Å². The van der Waals surface area contributed by atoms with E-state index in [9.17, 15) is 8.42 Å². The van der Waals surface area contributed by atoms with Crippen LogP contribution in [0.4, 0.5) is 5.69 Å². The van der Waals surface area contributed by atoms with Gasteiger partial charge < -0.3 is 9.73 Å². The molecule has 0 aliphatic heterocycles. The van der Waals surface area contributed by atoms with E-state index in [0.717, 1.165) is 6.54 Å². The lowest BCUT2D eigenvalue weighted by Gasteiger charge is -2.08. The van der Waals surface area contributed by atoms with Gasteiger partial charge in [-0.3, -0.25) is 9.40 Å². The molecule has 2 aromatic heterocycles. The molecule has 0 aromatic carbocycles. The third-order valence-corrected chi connectivity index (χ3v) is 4.68. The fraction of sp³-hybridized carbons (Fsp3) is 0.462. The van der Waals surface area contributed by atoms with Gasteiger partial charge in [0, 0.05) is 25.4 Å². The van der Waals surface area contributed by atoms with Gasteiger partial charge in [0.05, 0.1) is 11.9 Å². The molecule has 0 saturated heterocycles. The monoisotopic (exact) mass is 312 g/mol. The Labute approximate surface area is 124 Å². The van der Waals surface area contributed by atoms with E-state index in [0.29, 0.717) is 29.3 Å². The Kier molecular flexibility index (Phi) is 4.38. The van der Waals surface area contributed by atoms with Gasteiger partial charge in [0.15, 0.2) is 0 Å². The van der Waals surface area contributed by atoms with Gasteiger partial charge in [-0.2, -0.15) is 5.10 Å². The number of hydrogen-bond donors (Lipinski definition) is 2. The second kappa shape index (κ2) is 5.90. The highest BCUT2D eigenvalue weighted by Crippen LogP contribution is 2.28. The van der Waals surface area contributed by atoms with Crippen LogP contribution >= 0.6 is 0 Å². The Morgan fingerprint density at radius 3 is 2.62 bits per heavy atom. The molecular formula is C13H20N4O3S. The third-order valence-electron chi connectivity index (χ3n) is 3.10. The van der Waals surface area contributed by atoms with Crippen molar-refractivity contribution in [3.63, 3.8) is 0 Å². The lowest BCUT2D eigenvalue weighted by Crippen LogP contribution is -2.18. The first-order valence-corrected chi connectivity index (χ1v) is 8.14. The van der Waals surface area contributed by atoms with Crippen molar-refractivity contribution >= 4 is 15.7 Å². The maximum absolute atomic E-state index is 12.6. The fourth-order valence-corrected chi connectivity index (χ4v) is 3.67. The summed E-state index contributed by atoms with van der Waals surface area (Å²) in [6.07, 6.45) is 3.06. The largest absolute Gasteiger partial charge is 0.465 e. The number of furan rings is 1. The first-order valence-electron chi connectivity index (χ1n) is 6.66. The van der Waals surface area contributed by atoms with Crippen LogP contribution in [-0.4, -0.2) is 24.7 Å². The van der Waals surface area contributed by atoms with Crippen molar-refractivity contribution in [2.24, 2.45) is 7.05 Å². The number of anilines is 1. The van der Waals surface area contributed by atoms with Crippen molar-refractivity contribution in [3.05, 3.63) is 29.5 Å². The van der Waals surface area contributed by atoms with Gasteiger partial charge in [-0.25, -0.2) is 8.42 Å². The number of aromatic nitrogens is 2. The zero-order valence-electron chi connectivity index (χ0n) is 12.6. The molecule has 8 heteroatoms. The van der Waals surface area contributed by atoms with Crippen LogP contribution in [-0.2, 0) is 23.6 Å². The second-order valence-corrected chi connectivity index (χ2v) is 6.43. The van der Waals surface area contributed by atoms with E-state index in [1.807, 2.05) is 6.92 Å². The minimum absolute atomic E-state index is 0.199. The summed E-state index contributed by atoms with van der Waals surface area (Å²) in [6.45, 7) is 6.58. The van der Waals surface area contributed by atoms with Crippen molar-refractivity contribution in [2.45, 2.75) is 32.2 Å². The van der Waals surface area contributed by atoms with Gasteiger partial charge in [0.25, 0.3) is 10.0 Å². The highest BCUT2D eigenvalue weighted by Gasteiger charge is 2.27. The van der Waals surface area contributed by atoms with E-state index in [2.05, 4.69) is 15.1 Å². The lowest BCUT2D eigenvalue weighted by atomic mass is 10.2. The molecule has 0 saturated carbocycles. The van der Waals surface area contributed by atoms with Crippen LogP contribution in [0.1, 0.15) is 24.0 Å². The molecule has 0 aliphatic carbocycles. The number of rotatable bonds is 6. The van der Waals surface area contributed by atoms with E-state index in [1.54, 1.807) is 27.1 Å². The van der Waals surface area contributed by atoms with Crippen LogP contribution in [0.25, 0.3) is 0 Å². The summed E-state index contributed by atoms with van der Waals surface area (Å²) in [6, 6.07) is 0. The Hall–Kier alpha value is -1.80. The molecule has 0 aliphatic rings. The molecule has 0 fully saturated rings. The molecule has 2 N–H and O–H groups in total. The molecule has 0 spiro atoms. The predicted molar refractivity (Wildman–Crippen MR) is 79.6 cm³/mol. The van der Waals surface area contributed by atoms with Crippen LogP contribution in [0.2, 0.25) is 0 Å². The van der Waals surface area contributed by atoms with Gasteiger partial charge in [-0.15, -0.1) is 0 Å². The van der Waals surface area contributed by atoms with Gasteiger partial charge in [0.2, 0.25) is 0 Å². The topological polar surface area (TPSA) is 89.2 Å². The zero-order chi connectivity index (χ0) is 15.6. The molecule has 116 valence electrons. The smallest absolute Gasteiger partial charge is 0.265 e. The number of nitrogens with zero attached hydrogens (tertiary/aromatic N) is 2. The Morgan fingerprint density at radius 2 is 2.05 bits per heavy atom. The quantitative estimate of drug-likeness (QED) is 0.844. The van der Waals surface area contributed by atoms with Gasteiger partial charge in [-0.1, -0.05) is 6.92 Å². The molecule has 2 rings (SSSR count). The number of sulfonamides is 1. The predicted octanol–water partition coefficient (Wildman–Crippen LogP) is 1.54. The Morgan fingerprint density at radius 1 is 1.33 bits per heavy atom. The van der Waals surface area contributed by atoms with Crippen LogP contribution in [0, 0.1) is 13.8 Å². The van der Waals surface area contributed by atoms with Crippen molar-refractivity contribution in [3.8, 4) is 0 Å². The third kappa shape index (κ3) is 3.27. The second-order valence-electron chi connectivity index (χ2n) is 4.81. The summed E-state index contributed by atoms with van der Waals surface area (Å²) in [5, 5.41) is 7.08. The molecule has 0 unspecified atom stereocenters. The first kappa shape index (κ1) is 15.6. The van der Waals surface area contributed by atoms with Gasteiger partial charge in [-0.05, 0) is 20.4 Å². The van der Waals surface area contributed by atoms with E-state index < -0.39 is 10.0 Å². The Balaban J connectivity index is 2.39. The van der Waals surface area contributed by atoms with Crippen molar-refractivity contribution in [1.29, 1.82) is 0 Å². The van der Waals surface area contributed by atoms with Crippen molar-refractivity contribution < 1.29 is 12.8 Å². The first-order chi connectivity index (χ1) is 9.85. The molecule has 7 nitrogen and oxygen atoms in total.